The molecule has 1 aromatic heterocycles. The van der Waals surface area contributed by atoms with Crippen molar-refractivity contribution < 1.29 is 24.2 Å². The molecule has 1 aliphatic rings. The van der Waals surface area contributed by atoms with Gasteiger partial charge >= 0.3 is 6.09 Å². The molecule has 0 saturated carbocycles. The lowest BCUT2D eigenvalue weighted by Crippen LogP contribution is -2.68. The van der Waals surface area contributed by atoms with Gasteiger partial charge in [0.1, 0.15) is 5.69 Å². The summed E-state index contributed by atoms with van der Waals surface area (Å²) in [7, 11) is -1.27. The van der Waals surface area contributed by atoms with E-state index < -0.39 is 32.0 Å². The van der Waals surface area contributed by atoms with Crippen LogP contribution in [-0.4, -0.2) is 82.5 Å². The monoisotopic (exact) mass is 646 g/mol. The van der Waals surface area contributed by atoms with Gasteiger partial charge in [0, 0.05) is 37.5 Å². The molecule has 3 aromatic rings. The molecule has 46 heavy (non-hydrogen) atoms. The van der Waals surface area contributed by atoms with E-state index in [4.69, 9.17) is 9.52 Å². The Kier molecular flexibility index (Phi) is 10.3. The number of hydrogen-bond acceptors (Lipinski definition) is 5. The first kappa shape index (κ1) is 35.1. The Bertz CT molecular complexity index is 1490. The highest BCUT2D eigenvalue weighted by Gasteiger charge is 2.52. The van der Waals surface area contributed by atoms with Crippen LogP contribution < -0.4 is 10.4 Å². The Balaban J connectivity index is 1.72. The molecule has 10 heteroatoms. The van der Waals surface area contributed by atoms with Crippen LogP contribution in [0.2, 0.25) is 5.04 Å². The third kappa shape index (κ3) is 6.70. The lowest BCUT2D eigenvalue weighted by Gasteiger charge is -2.46. The second-order valence-electron chi connectivity index (χ2n) is 14.4. The molecular formula is C36H50N4O5Si. The van der Waals surface area contributed by atoms with Gasteiger partial charge in [-0.05, 0) is 43.1 Å². The second-order valence-corrected chi connectivity index (χ2v) is 18.7. The molecule has 4 rings (SSSR count). The molecule has 0 bridgehead atoms. The van der Waals surface area contributed by atoms with Crippen LogP contribution in [0.25, 0.3) is 0 Å². The number of nitrogens with zero attached hydrogens (tertiary/aromatic N) is 4. The quantitative estimate of drug-likeness (QED) is 0.240. The number of aliphatic hydroxyl groups is 1. The fraction of sp³-hybridized carbons (Fsp3) is 0.472. The van der Waals surface area contributed by atoms with Crippen molar-refractivity contribution >= 4 is 30.7 Å². The third-order valence-electron chi connectivity index (χ3n) is 9.02. The van der Waals surface area contributed by atoms with E-state index in [0.717, 1.165) is 16.1 Å². The van der Waals surface area contributed by atoms with Gasteiger partial charge < -0.3 is 24.4 Å². The van der Waals surface area contributed by atoms with Crippen molar-refractivity contribution in [3.05, 3.63) is 90.3 Å². The summed E-state index contributed by atoms with van der Waals surface area (Å²) in [5, 5.41) is 27.4. The summed E-state index contributed by atoms with van der Waals surface area (Å²) >= 11 is 0. The Hall–Kier alpha value is -3.73. The average Bonchev–Trinajstić information content (AvgIpc) is 3.39. The number of benzene rings is 2. The van der Waals surface area contributed by atoms with Gasteiger partial charge in [0.2, 0.25) is 0 Å². The summed E-state index contributed by atoms with van der Waals surface area (Å²) in [6, 6.07) is 20.3. The van der Waals surface area contributed by atoms with E-state index >= 15 is 0 Å². The second kappa shape index (κ2) is 13.6. The van der Waals surface area contributed by atoms with Crippen molar-refractivity contribution in [3.8, 4) is 0 Å². The van der Waals surface area contributed by atoms with Crippen molar-refractivity contribution in [3.63, 3.8) is 0 Å². The van der Waals surface area contributed by atoms with Crippen LogP contribution in [0.4, 0.5) is 4.79 Å². The lowest BCUT2D eigenvalue weighted by molar-refractivity contribution is 0.0603. The zero-order chi connectivity index (χ0) is 34.0. The van der Waals surface area contributed by atoms with Crippen molar-refractivity contribution in [1.29, 1.82) is 0 Å². The summed E-state index contributed by atoms with van der Waals surface area (Å²) in [5.74, 6) is -0.763. The summed E-state index contributed by atoms with van der Waals surface area (Å²) in [5.41, 5.74) is 1.24. The van der Waals surface area contributed by atoms with Crippen molar-refractivity contribution in [2.45, 2.75) is 84.2 Å². The molecule has 3 atom stereocenters. The van der Waals surface area contributed by atoms with Gasteiger partial charge in [0.05, 0.1) is 30.5 Å². The zero-order valence-electron chi connectivity index (χ0n) is 28.5. The molecule has 248 valence electrons. The Morgan fingerprint density at radius 1 is 1.07 bits per heavy atom. The molecule has 2 amide bonds. The van der Waals surface area contributed by atoms with Gasteiger partial charge in [-0.2, -0.15) is 5.10 Å². The Labute approximate surface area is 274 Å². The van der Waals surface area contributed by atoms with Crippen molar-refractivity contribution in [1.82, 2.24) is 19.6 Å². The van der Waals surface area contributed by atoms with E-state index in [0.29, 0.717) is 17.7 Å². The minimum atomic E-state index is -2.98. The largest absolute Gasteiger partial charge is 0.465 e. The first-order chi connectivity index (χ1) is 21.6. The molecule has 0 saturated heterocycles. The number of rotatable bonds is 10. The van der Waals surface area contributed by atoms with E-state index in [1.54, 1.807) is 22.7 Å². The van der Waals surface area contributed by atoms with Crippen LogP contribution in [0.15, 0.2) is 73.3 Å². The van der Waals surface area contributed by atoms with Gasteiger partial charge in [-0.25, -0.2) is 4.79 Å². The number of carbonyl (C=O) groups is 2. The van der Waals surface area contributed by atoms with Crippen LogP contribution in [0.1, 0.15) is 70.2 Å². The average molecular weight is 647 g/mol. The number of carboxylic acid groups (broad SMARTS) is 1. The SMILES string of the molecule is C=C[C@H](O[Si](c1ccccc1)(c1ccccc1)C(C)(C)C)[C@@H](CO)CN(C)C(=O)c1c2c(nn1C(C)(C)C)C[C@@H](C)N(C(=O)O)C2. The van der Waals surface area contributed by atoms with Crippen molar-refractivity contribution in [2.75, 3.05) is 20.2 Å². The maximum atomic E-state index is 14.3. The van der Waals surface area contributed by atoms with Crippen LogP contribution in [0, 0.1) is 5.92 Å². The highest BCUT2D eigenvalue weighted by atomic mass is 28.4. The molecule has 9 nitrogen and oxygen atoms in total. The number of aliphatic hydroxyl groups excluding tert-OH is 1. The maximum absolute atomic E-state index is 14.3. The molecule has 2 aromatic carbocycles. The molecule has 2 N–H and O–H groups in total. The van der Waals surface area contributed by atoms with Crippen LogP contribution in [-0.2, 0) is 22.9 Å². The van der Waals surface area contributed by atoms with E-state index in [1.165, 1.54) is 4.90 Å². The molecule has 0 fully saturated rings. The fourth-order valence-corrected chi connectivity index (χ4v) is 11.3. The third-order valence-corrected chi connectivity index (χ3v) is 14.0. The maximum Gasteiger partial charge on any atom is 0.407 e. The van der Waals surface area contributed by atoms with Gasteiger partial charge in [-0.1, -0.05) is 87.5 Å². The minimum absolute atomic E-state index is 0.0898. The number of hydrogen-bond donors (Lipinski definition) is 2. The van der Waals surface area contributed by atoms with Crippen LogP contribution in [0.5, 0.6) is 0 Å². The first-order valence-corrected chi connectivity index (χ1v) is 17.9. The standard InChI is InChI=1S/C36H50N4O5Si/c1-10-31(45-46(36(6,7)8,27-17-13-11-14-18-27)28-19-15-12-16-20-28)26(24-41)22-38(9)33(42)32-29-23-39(34(43)44)25(2)21-30(29)37-40(32)35(3,4)5/h10-20,25-26,31,41H,1,21-24H2,2-9H3,(H,43,44)/t25-,26-,31+/m1/s1. The predicted octanol–water partition coefficient (Wildman–Crippen LogP) is 4.87. The van der Waals surface area contributed by atoms with E-state index in [1.807, 2.05) is 64.1 Å². The van der Waals surface area contributed by atoms with Gasteiger partial charge in [0.15, 0.2) is 0 Å². The molecule has 0 spiro atoms. The number of fused-ring (bicyclic) bond motifs is 1. The summed E-state index contributed by atoms with van der Waals surface area (Å²) in [4.78, 5) is 29.3. The van der Waals surface area contributed by atoms with Crippen LogP contribution >= 0.6 is 0 Å². The van der Waals surface area contributed by atoms with E-state index in [9.17, 15) is 19.8 Å². The van der Waals surface area contributed by atoms with Gasteiger partial charge in [-0.3, -0.25) is 9.48 Å². The summed E-state index contributed by atoms with van der Waals surface area (Å²) < 4.78 is 9.03. The number of carbonyl (C=O) groups excluding carboxylic acids is 1. The summed E-state index contributed by atoms with van der Waals surface area (Å²) in [6.07, 6.45) is 0.574. The zero-order valence-corrected chi connectivity index (χ0v) is 29.5. The highest BCUT2D eigenvalue weighted by molar-refractivity contribution is 6.99. The Morgan fingerprint density at radius 3 is 2.04 bits per heavy atom. The smallest absolute Gasteiger partial charge is 0.407 e. The van der Waals surface area contributed by atoms with Gasteiger partial charge in [-0.15, -0.1) is 6.58 Å². The van der Waals surface area contributed by atoms with Crippen LogP contribution in [0.3, 0.4) is 0 Å². The highest BCUT2D eigenvalue weighted by Crippen LogP contribution is 2.38. The van der Waals surface area contributed by atoms with Gasteiger partial charge in [0.25, 0.3) is 14.2 Å². The predicted molar refractivity (Wildman–Crippen MR) is 184 cm³/mol. The topological polar surface area (TPSA) is 108 Å². The fourth-order valence-electron chi connectivity index (χ4n) is 6.62. The summed E-state index contributed by atoms with van der Waals surface area (Å²) in [6.45, 7) is 18.5. The normalized spacial score (nSPS) is 16.8. The number of aromatic nitrogens is 2. The minimum Gasteiger partial charge on any atom is -0.465 e. The molecule has 0 radical (unpaired) electrons. The van der Waals surface area contributed by atoms with E-state index in [-0.39, 0.29) is 36.7 Å². The molecular weight excluding hydrogens is 597 g/mol. The Morgan fingerprint density at radius 2 is 1.61 bits per heavy atom. The molecule has 0 unspecified atom stereocenters. The molecule has 1 aliphatic heterocycles. The molecule has 2 heterocycles. The van der Waals surface area contributed by atoms with E-state index in [2.05, 4.69) is 51.6 Å². The lowest BCUT2D eigenvalue weighted by atomic mass is 9.98. The molecule has 0 aliphatic carbocycles. The van der Waals surface area contributed by atoms with Crippen molar-refractivity contribution in [2.24, 2.45) is 5.92 Å². The number of amides is 2. The first-order valence-electron chi connectivity index (χ1n) is 15.9.